The highest BCUT2D eigenvalue weighted by Crippen LogP contribution is 2.27. The van der Waals surface area contributed by atoms with E-state index in [-0.39, 0.29) is 11.8 Å². The van der Waals surface area contributed by atoms with Gasteiger partial charge in [0, 0.05) is 26.1 Å². The molecule has 5 nitrogen and oxygen atoms in total. The fraction of sp³-hybridized carbons (Fsp3) is 0.632. The van der Waals surface area contributed by atoms with Crippen molar-refractivity contribution in [3.63, 3.8) is 0 Å². The average Bonchev–Trinajstić information content (AvgIpc) is 3.19. The number of piperidine rings is 1. The number of sulfonamides is 1. The third-order valence-electron chi connectivity index (χ3n) is 5.29. The van der Waals surface area contributed by atoms with Gasteiger partial charge in [-0.15, -0.1) is 11.3 Å². The van der Waals surface area contributed by atoms with Gasteiger partial charge < -0.3 is 5.32 Å². The van der Waals surface area contributed by atoms with Crippen molar-refractivity contribution < 1.29 is 13.2 Å². The minimum Gasteiger partial charge on any atom is -0.356 e. The van der Waals surface area contributed by atoms with E-state index in [0.717, 1.165) is 25.8 Å². The van der Waals surface area contributed by atoms with E-state index in [1.807, 2.05) is 0 Å². The Morgan fingerprint density at radius 2 is 2.08 bits per heavy atom. The SMILES string of the molecule is O=C(CC1CCN(S(=O)(=O)c2cccs2)CC1)NCCC1=CCCCC1. The summed E-state index contributed by atoms with van der Waals surface area (Å²) in [6.45, 7) is 1.73. The first-order valence-electron chi connectivity index (χ1n) is 9.54. The first-order chi connectivity index (χ1) is 12.6. The van der Waals surface area contributed by atoms with E-state index in [4.69, 9.17) is 0 Å². The molecule has 1 amide bonds. The molecule has 144 valence electrons. The molecule has 0 unspecified atom stereocenters. The summed E-state index contributed by atoms with van der Waals surface area (Å²) in [4.78, 5) is 12.2. The molecule has 1 saturated heterocycles. The number of thiophene rings is 1. The molecule has 0 radical (unpaired) electrons. The van der Waals surface area contributed by atoms with Crippen LogP contribution in [-0.4, -0.2) is 38.3 Å². The smallest absolute Gasteiger partial charge is 0.252 e. The number of carbonyl (C=O) groups excluding carboxylic acids is 1. The zero-order valence-corrected chi connectivity index (χ0v) is 16.8. The number of hydrogen-bond acceptors (Lipinski definition) is 4. The summed E-state index contributed by atoms with van der Waals surface area (Å²) < 4.78 is 27.0. The van der Waals surface area contributed by atoms with Crippen LogP contribution in [0.3, 0.4) is 0 Å². The van der Waals surface area contributed by atoms with Gasteiger partial charge in [0.2, 0.25) is 5.91 Å². The predicted molar refractivity (Wildman–Crippen MR) is 105 cm³/mol. The normalized spacial score (nSPS) is 19.9. The van der Waals surface area contributed by atoms with Crippen LogP contribution < -0.4 is 5.32 Å². The monoisotopic (exact) mass is 396 g/mol. The Morgan fingerprint density at radius 3 is 2.73 bits per heavy atom. The van der Waals surface area contributed by atoms with Crippen molar-refractivity contribution in [2.75, 3.05) is 19.6 Å². The van der Waals surface area contributed by atoms with Gasteiger partial charge in [0.15, 0.2) is 0 Å². The Hall–Kier alpha value is -1.18. The minimum absolute atomic E-state index is 0.0981. The number of allylic oxidation sites excluding steroid dienone is 1. The lowest BCUT2D eigenvalue weighted by molar-refractivity contribution is -0.122. The van der Waals surface area contributed by atoms with Gasteiger partial charge in [-0.2, -0.15) is 4.31 Å². The first-order valence-corrected chi connectivity index (χ1v) is 11.9. The largest absolute Gasteiger partial charge is 0.356 e. The van der Waals surface area contributed by atoms with Crippen LogP contribution in [0.5, 0.6) is 0 Å². The maximum absolute atomic E-state index is 12.5. The van der Waals surface area contributed by atoms with Crippen molar-refractivity contribution in [3.05, 3.63) is 29.2 Å². The summed E-state index contributed by atoms with van der Waals surface area (Å²) in [5, 5.41) is 4.82. The average molecular weight is 397 g/mol. The summed E-state index contributed by atoms with van der Waals surface area (Å²) in [7, 11) is -3.35. The number of carbonyl (C=O) groups is 1. The van der Waals surface area contributed by atoms with Crippen LogP contribution in [-0.2, 0) is 14.8 Å². The standard InChI is InChI=1S/C19H28N2O3S2/c22-18(20-11-8-16-5-2-1-3-6-16)15-17-9-12-21(13-10-17)26(23,24)19-7-4-14-25-19/h4-5,7,14,17H,1-3,6,8-13,15H2,(H,20,22). The molecule has 7 heteroatoms. The van der Waals surface area contributed by atoms with Crippen LogP contribution in [0.4, 0.5) is 0 Å². The number of nitrogens with zero attached hydrogens (tertiary/aromatic N) is 1. The molecule has 26 heavy (non-hydrogen) atoms. The highest BCUT2D eigenvalue weighted by atomic mass is 32.2. The molecule has 1 aromatic rings. The molecular formula is C19H28N2O3S2. The zero-order chi connectivity index (χ0) is 18.4. The van der Waals surface area contributed by atoms with Gasteiger partial charge in [-0.1, -0.05) is 17.7 Å². The van der Waals surface area contributed by atoms with Crippen LogP contribution >= 0.6 is 11.3 Å². The van der Waals surface area contributed by atoms with E-state index in [0.29, 0.717) is 23.7 Å². The highest BCUT2D eigenvalue weighted by molar-refractivity contribution is 7.91. The van der Waals surface area contributed by atoms with Gasteiger partial charge in [0.05, 0.1) is 0 Å². The summed E-state index contributed by atoms with van der Waals surface area (Å²) in [5.41, 5.74) is 1.48. The predicted octanol–water partition coefficient (Wildman–Crippen LogP) is 3.55. The van der Waals surface area contributed by atoms with Gasteiger partial charge >= 0.3 is 0 Å². The van der Waals surface area contributed by atoms with E-state index in [1.165, 1.54) is 42.6 Å². The van der Waals surface area contributed by atoms with Crippen molar-refractivity contribution in [1.82, 2.24) is 9.62 Å². The van der Waals surface area contributed by atoms with Gasteiger partial charge in [-0.3, -0.25) is 4.79 Å². The van der Waals surface area contributed by atoms with Gasteiger partial charge in [-0.05, 0) is 62.3 Å². The Balaban J connectivity index is 1.38. The molecular weight excluding hydrogens is 368 g/mol. The van der Waals surface area contributed by atoms with Crippen molar-refractivity contribution in [2.24, 2.45) is 5.92 Å². The quantitative estimate of drug-likeness (QED) is 0.717. The highest BCUT2D eigenvalue weighted by Gasteiger charge is 2.30. The van der Waals surface area contributed by atoms with E-state index >= 15 is 0 Å². The topological polar surface area (TPSA) is 66.5 Å². The Labute approximate surface area is 160 Å². The third kappa shape index (κ3) is 5.18. The number of hydrogen-bond donors (Lipinski definition) is 1. The summed E-state index contributed by atoms with van der Waals surface area (Å²) in [5.74, 6) is 0.375. The molecule has 2 heterocycles. The molecule has 1 aliphatic heterocycles. The number of nitrogens with one attached hydrogen (secondary N) is 1. The summed E-state index contributed by atoms with van der Waals surface area (Å²) >= 11 is 1.26. The van der Waals surface area contributed by atoms with Gasteiger partial charge in [0.25, 0.3) is 10.0 Å². The first kappa shape index (κ1) is 19.6. The molecule has 1 N–H and O–H groups in total. The Kier molecular flexibility index (Phi) is 6.89. The van der Waals surface area contributed by atoms with E-state index in [2.05, 4.69) is 11.4 Å². The lowest BCUT2D eigenvalue weighted by Crippen LogP contribution is -2.39. The van der Waals surface area contributed by atoms with E-state index in [1.54, 1.807) is 21.8 Å². The second-order valence-corrected chi connectivity index (χ2v) is 10.3. The van der Waals surface area contributed by atoms with Crippen molar-refractivity contribution in [3.8, 4) is 0 Å². The van der Waals surface area contributed by atoms with Gasteiger partial charge in [0.1, 0.15) is 4.21 Å². The number of rotatable bonds is 7. The molecule has 0 spiro atoms. The fourth-order valence-electron chi connectivity index (χ4n) is 3.72. The summed E-state index contributed by atoms with van der Waals surface area (Å²) in [6.07, 6.45) is 10.2. The Bertz CT molecular complexity index is 718. The van der Waals surface area contributed by atoms with Crippen molar-refractivity contribution >= 4 is 27.3 Å². The molecule has 0 saturated carbocycles. The molecule has 1 aromatic heterocycles. The number of amides is 1. The second-order valence-electron chi connectivity index (χ2n) is 7.19. The van der Waals surface area contributed by atoms with Crippen molar-refractivity contribution in [1.29, 1.82) is 0 Å². The molecule has 1 fully saturated rings. The van der Waals surface area contributed by atoms with Crippen LogP contribution in [0.1, 0.15) is 51.4 Å². The molecule has 3 rings (SSSR count). The van der Waals surface area contributed by atoms with Crippen LogP contribution in [0.2, 0.25) is 0 Å². The van der Waals surface area contributed by atoms with E-state index in [9.17, 15) is 13.2 Å². The lowest BCUT2D eigenvalue weighted by atomic mass is 9.94. The van der Waals surface area contributed by atoms with Crippen molar-refractivity contribution in [2.45, 2.75) is 55.6 Å². The second kappa shape index (κ2) is 9.15. The molecule has 0 atom stereocenters. The minimum atomic E-state index is -3.35. The van der Waals surface area contributed by atoms with Gasteiger partial charge in [-0.25, -0.2) is 8.42 Å². The lowest BCUT2D eigenvalue weighted by Gasteiger charge is -2.30. The van der Waals surface area contributed by atoms with Crippen LogP contribution in [0.25, 0.3) is 0 Å². The molecule has 2 aliphatic rings. The Morgan fingerprint density at radius 1 is 1.27 bits per heavy atom. The molecule has 0 bridgehead atoms. The molecule has 1 aliphatic carbocycles. The molecule has 0 aromatic carbocycles. The fourth-order valence-corrected chi connectivity index (χ4v) is 6.33. The zero-order valence-electron chi connectivity index (χ0n) is 15.2. The van der Waals surface area contributed by atoms with Crippen LogP contribution in [0.15, 0.2) is 33.4 Å². The maximum atomic E-state index is 12.5. The van der Waals surface area contributed by atoms with E-state index < -0.39 is 10.0 Å². The third-order valence-corrected chi connectivity index (χ3v) is 8.56. The maximum Gasteiger partial charge on any atom is 0.252 e. The summed E-state index contributed by atoms with van der Waals surface area (Å²) in [6, 6.07) is 3.42. The van der Waals surface area contributed by atoms with Crippen LogP contribution in [0, 0.1) is 5.92 Å².